The number of amides is 1. The third-order valence-corrected chi connectivity index (χ3v) is 5.66. The van der Waals surface area contributed by atoms with E-state index < -0.39 is 8.03 Å². The van der Waals surface area contributed by atoms with Crippen molar-refractivity contribution in [3.05, 3.63) is 41.6 Å². The van der Waals surface area contributed by atoms with Crippen LogP contribution < -0.4 is 0 Å². The number of nitrogens with one attached hydrogen (secondary N) is 1. The molecule has 4 rings (SSSR count). The van der Waals surface area contributed by atoms with E-state index in [1.54, 1.807) is 0 Å². The molecule has 0 fully saturated rings. The molecule has 3 atom stereocenters. The topological polar surface area (TPSA) is 76.6 Å². The molecule has 1 unspecified atom stereocenters. The Morgan fingerprint density at radius 3 is 2.68 bits per heavy atom. The fourth-order valence-corrected chi connectivity index (χ4v) is 4.38. The van der Waals surface area contributed by atoms with Crippen molar-refractivity contribution in [3.8, 4) is 0 Å². The monoisotopic (exact) mass is 403 g/mol. The van der Waals surface area contributed by atoms with Gasteiger partial charge in [0.15, 0.2) is 8.03 Å². The highest BCUT2D eigenvalue weighted by Gasteiger charge is 2.36. The first kappa shape index (κ1) is 20.8. The Kier molecular flexibility index (Phi) is 6.43. The van der Waals surface area contributed by atoms with Crippen molar-refractivity contribution in [2.45, 2.75) is 26.3 Å². The zero-order chi connectivity index (χ0) is 20.4. The molecular weight excluding hydrogens is 373 g/mol. The number of rotatable bonds is 3. The zero-order valence-corrected chi connectivity index (χ0v) is 18.0. The normalized spacial score (nSPS) is 22.0. The van der Waals surface area contributed by atoms with Crippen molar-refractivity contribution in [2.75, 3.05) is 33.3 Å². The third-order valence-electron chi connectivity index (χ3n) is 5.66. The summed E-state index contributed by atoms with van der Waals surface area (Å²) in [5.74, 6) is 0.210. The molecule has 0 saturated heterocycles. The van der Waals surface area contributed by atoms with Crippen LogP contribution in [0.2, 0.25) is 0 Å². The van der Waals surface area contributed by atoms with Crippen LogP contribution >= 0.6 is 8.03 Å². The predicted octanol–water partition coefficient (Wildman–Crippen LogP) is 2.99. The van der Waals surface area contributed by atoms with Crippen molar-refractivity contribution >= 4 is 30.4 Å². The summed E-state index contributed by atoms with van der Waals surface area (Å²) in [7, 11) is 0.0211. The highest BCUT2D eigenvalue weighted by Crippen LogP contribution is 2.40. The highest BCUT2D eigenvalue weighted by atomic mass is 31.1. The maximum Gasteiger partial charge on any atom is 0.230 e. The van der Waals surface area contributed by atoms with E-state index in [2.05, 4.69) is 61.3 Å². The molecule has 6 nitrogen and oxygen atoms in total. The summed E-state index contributed by atoms with van der Waals surface area (Å²) < 4.78 is 9.19. The Bertz CT molecular complexity index is 913. The van der Waals surface area contributed by atoms with Crippen LogP contribution in [0.3, 0.4) is 0 Å². The van der Waals surface area contributed by atoms with Gasteiger partial charge in [-0.3, -0.25) is 14.3 Å². The number of aromatic amines is 1. The number of hydrogen-bond donors (Lipinski definition) is 2. The van der Waals surface area contributed by atoms with E-state index >= 15 is 0 Å². The lowest BCUT2D eigenvalue weighted by Crippen LogP contribution is -2.47. The van der Waals surface area contributed by atoms with E-state index in [0.717, 1.165) is 26.1 Å². The average Bonchev–Trinajstić information content (AvgIpc) is 3.07. The molecule has 0 bridgehead atoms. The second-order valence-corrected chi connectivity index (χ2v) is 8.50. The lowest BCUT2D eigenvalue weighted by Gasteiger charge is -2.40. The van der Waals surface area contributed by atoms with Gasteiger partial charge in [0.2, 0.25) is 5.91 Å². The molecule has 1 aromatic carbocycles. The fraction of sp³-hybridized carbons (Fsp3) is 0.476. The summed E-state index contributed by atoms with van der Waals surface area (Å²) in [6.45, 7) is 7.73. The van der Waals surface area contributed by atoms with Crippen LogP contribution in [0.15, 0.2) is 30.5 Å². The molecule has 152 valence electrons. The molecule has 1 aromatic heterocycles. The molecule has 2 aliphatic rings. The number of aromatic nitrogens is 1. The molecule has 2 N–H and O–H groups in total. The first-order valence-electron chi connectivity index (χ1n) is 9.86. The van der Waals surface area contributed by atoms with Crippen molar-refractivity contribution in [1.29, 1.82) is 0 Å². The van der Waals surface area contributed by atoms with E-state index in [4.69, 9.17) is 4.89 Å². The minimum Gasteiger partial charge on any atom is -0.361 e. The zero-order valence-electron chi connectivity index (χ0n) is 17.0. The summed E-state index contributed by atoms with van der Waals surface area (Å²) in [6, 6.07) is 6.82. The minimum atomic E-state index is -2.13. The van der Waals surface area contributed by atoms with Crippen molar-refractivity contribution < 1.29 is 14.3 Å². The van der Waals surface area contributed by atoms with Crippen LogP contribution in [0.1, 0.15) is 25.0 Å². The van der Waals surface area contributed by atoms with Crippen LogP contribution in [0.5, 0.6) is 0 Å². The molecular formula is C21H30N3O3P. The first-order valence-corrected chi connectivity index (χ1v) is 11.7. The smallest absolute Gasteiger partial charge is 0.230 e. The molecule has 0 spiro atoms. The number of H-pyrrole nitrogens is 1. The maximum atomic E-state index is 12.9. The maximum absolute atomic E-state index is 12.9. The van der Waals surface area contributed by atoms with E-state index in [1.165, 1.54) is 34.3 Å². The van der Waals surface area contributed by atoms with Gasteiger partial charge in [0.05, 0.1) is 5.92 Å². The highest BCUT2D eigenvalue weighted by molar-refractivity contribution is 7.36. The third kappa shape index (κ3) is 3.95. The quantitative estimate of drug-likeness (QED) is 0.773. The molecule has 28 heavy (non-hydrogen) atoms. The molecule has 7 heteroatoms. The second-order valence-electron chi connectivity index (χ2n) is 7.46. The number of benzene rings is 1. The molecule has 0 saturated carbocycles. The van der Waals surface area contributed by atoms with Gasteiger partial charge in [-0.05, 0) is 50.1 Å². The summed E-state index contributed by atoms with van der Waals surface area (Å²) >= 11 is 0. The van der Waals surface area contributed by atoms with Gasteiger partial charge in [0, 0.05) is 49.4 Å². The van der Waals surface area contributed by atoms with Crippen molar-refractivity contribution in [1.82, 2.24) is 14.8 Å². The van der Waals surface area contributed by atoms with Crippen LogP contribution in [0.25, 0.3) is 16.5 Å². The van der Waals surface area contributed by atoms with Crippen LogP contribution in [-0.2, 0) is 15.8 Å². The summed E-state index contributed by atoms with van der Waals surface area (Å²) in [5, 5.41) is 1.34. The summed E-state index contributed by atoms with van der Waals surface area (Å²) in [5.41, 5.74) is 5.21. The largest absolute Gasteiger partial charge is 0.361 e. The number of likely N-dealkylation sites (N-methyl/N-ethyl adjacent to an activating group) is 1. The van der Waals surface area contributed by atoms with E-state index in [-0.39, 0.29) is 11.8 Å². The number of fused-ring (bicyclic) bond motifs is 2. The lowest BCUT2D eigenvalue weighted by atomic mass is 9.79. The molecule has 2 heterocycles. The van der Waals surface area contributed by atoms with Crippen molar-refractivity contribution in [3.63, 3.8) is 0 Å². The van der Waals surface area contributed by atoms with Gasteiger partial charge in [-0.2, -0.15) is 0 Å². The Hall–Kier alpha value is -1.88. The number of nitrogens with zero attached hydrogens (tertiary/aromatic N) is 2. The Labute approximate surface area is 167 Å². The van der Waals surface area contributed by atoms with E-state index in [9.17, 15) is 9.36 Å². The van der Waals surface area contributed by atoms with Crippen LogP contribution in [0.4, 0.5) is 0 Å². The average molecular weight is 403 g/mol. The van der Waals surface area contributed by atoms with Gasteiger partial charge in [0.25, 0.3) is 0 Å². The summed E-state index contributed by atoms with van der Waals surface area (Å²) in [6.07, 6.45) is 5.41. The van der Waals surface area contributed by atoms with Gasteiger partial charge >= 0.3 is 0 Å². The number of carbonyl (C=O) groups is 1. The number of carbonyl (C=O) groups excluding carboxylic acids is 1. The van der Waals surface area contributed by atoms with Crippen LogP contribution in [0, 0.1) is 5.92 Å². The molecule has 1 aliphatic carbocycles. The fourth-order valence-electron chi connectivity index (χ4n) is 4.38. The molecule has 0 radical (unpaired) electrons. The van der Waals surface area contributed by atoms with Crippen molar-refractivity contribution in [2.24, 2.45) is 5.92 Å². The molecule has 2 aromatic rings. The lowest BCUT2D eigenvalue weighted by molar-refractivity contribution is -0.134. The predicted molar refractivity (Wildman–Crippen MR) is 115 cm³/mol. The Balaban J connectivity index is 0.000000516. The SMILES string of the molecule is CCN(CC)C(=O)[C@@H]1C=C2c3cccc4[nH]cc(c34)C[C@H]2N(C)C1.C[PH](=O)O. The Morgan fingerprint density at radius 2 is 2.04 bits per heavy atom. The van der Waals surface area contributed by atoms with Gasteiger partial charge < -0.3 is 14.8 Å². The standard InChI is InChI=1S/C20H25N3O.CH5O2P/c1-4-23(5-2)20(24)14-9-16-15-7-6-8-17-19(15)13(11-21-17)10-18(16)22(3)12-14;1-4(2)3/h6-9,11,14,18,21H,4-5,10,12H2,1-3H3;4H,1H3,(H,2,3)/t14-,18-;/m1./s1. The van der Waals surface area contributed by atoms with Gasteiger partial charge in [-0.15, -0.1) is 0 Å². The second kappa shape index (κ2) is 8.64. The van der Waals surface area contributed by atoms with Gasteiger partial charge in [-0.1, -0.05) is 18.2 Å². The first-order chi connectivity index (χ1) is 13.4. The minimum absolute atomic E-state index is 0.0445. The molecule has 1 amide bonds. The van der Waals surface area contributed by atoms with E-state index in [0.29, 0.717) is 6.04 Å². The summed E-state index contributed by atoms with van der Waals surface area (Å²) in [4.78, 5) is 28.2. The van der Waals surface area contributed by atoms with Crippen LogP contribution in [-0.4, -0.2) is 65.0 Å². The molecule has 1 aliphatic heterocycles. The van der Waals surface area contributed by atoms with E-state index in [1.807, 2.05) is 4.90 Å². The van der Waals surface area contributed by atoms with Gasteiger partial charge in [-0.25, -0.2) is 0 Å². The Morgan fingerprint density at radius 1 is 1.36 bits per heavy atom. The van der Waals surface area contributed by atoms with Gasteiger partial charge in [0.1, 0.15) is 0 Å². The number of hydrogen-bond acceptors (Lipinski definition) is 3.